The number of hydrogen-bond donors (Lipinski definition) is 2. The third kappa shape index (κ3) is 3.91. The maximum atomic E-state index is 12.3. The van der Waals surface area contributed by atoms with Crippen LogP contribution in [0.4, 0.5) is 0 Å². The average molecular weight is 275 g/mol. The third-order valence-corrected chi connectivity index (χ3v) is 5.65. The van der Waals surface area contributed by atoms with Crippen LogP contribution in [0.3, 0.4) is 0 Å². The Balaban J connectivity index is 1.89. The van der Waals surface area contributed by atoms with E-state index in [1.807, 2.05) is 0 Å². The molecule has 0 radical (unpaired) electrons. The van der Waals surface area contributed by atoms with Crippen molar-refractivity contribution in [2.24, 2.45) is 5.92 Å². The van der Waals surface area contributed by atoms with Crippen molar-refractivity contribution in [1.29, 1.82) is 0 Å². The van der Waals surface area contributed by atoms with Crippen LogP contribution in [0.2, 0.25) is 0 Å². The molecule has 0 saturated carbocycles. The molecular formula is C12H25N3O2S. The second-order valence-electron chi connectivity index (χ2n) is 5.58. The Kier molecular flexibility index (Phi) is 5.00. The standard InChI is InChI=1S/C12H25N3O2S/c1-11-5-9-15(10-6-11)18(16,17)14-12-3-2-7-13-8-4-12/h11-14H,2-10H2,1H3. The first-order chi connectivity index (χ1) is 8.58. The third-order valence-electron chi connectivity index (χ3n) is 3.97. The van der Waals surface area contributed by atoms with Gasteiger partial charge in [0.15, 0.2) is 0 Å². The van der Waals surface area contributed by atoms with Gasteiger partial charge >= 0.3 is 0 Å². The van der Waals surface area contributed by atoms with Crippen LogP contribution >= 0.6 is 0 Å². The summed E-state index contributed by atoms with van der Waals surface area (Å²) in [4.78, 5) is 0. The maximum Gasteiger partial charge on any atom is 0.279 e. The van der Waals surface area contributed by atoms with Crippen LogP contribution in [0.25, 0.3) is 0 Å². The van der Waals surface area contributed by atoms with Crippen LogP contribution in [0.5, 0.6) is 0 Å². The smallest absolute Gasteiger partial charge is 0.279 e. The molecule has 0 amide bonds. The largest absolute Gasteiger partial charge is 0.317 e. The summed E-state index contributed by atoms with van der Waals surface area (Å²) in [5.74, 6) is 0.651. The molecule has 0 bridgehead atoms. The molecule has 0 aromatic heterocycles. The molecule has 1 unspecified atom stereocenters. The van der Waals surface area contributed by atoms with E-state index in [0.29, 0.717) is 19.0 Å². The van der Waals surface area contributed by atoms with Gasteiger partial charge in [-0.3, -0.25) is 0 Å². The monoisotopic (exact) mass is 275 g/mol. The lowest BCUT2D eigenvalue weighted by Gasteiger charge is -2.30. The molecule has 2 heterocycles. The Hall–Kier alpha value is -0.170. The molecule has 2 rings (SSSR count). The van der Waals surface area contributed by atoms with Crippen LogP contribution < -0.4 is 10.0 Å². The first-order valence-corrected chi connectivity index (χ1v) is 8.50. The topological polar surface area (TPSA) is 61.4 Å². The highest BCUT2D eigenvalue weighted by molar-refractivity contribution is 7.87. The molecule has 0 aliphatic carbocycles. The molecule has 2 fully saturated rings. The van der Waals surface area contributed by atoms with Crippen LogP contribution in [0.15, 0.2) is 0 Å². The number of nitrogens with one attached hydrogen (secondary N) is 2. The van der Waals surface area contributed by atoms with Gasteiger partial charge in [0.25, 0.3) is 10.2 Å². The molecule has 2 aliphatic rings. The molecule has 0 aromatic rings. The van der Waals surface area contributed by atoms with Gasteiger partial charge in [-0.1, -0.05) is 6.92 Å². The van der Waals surface area contributed by atoms with E-state index in [1.54, 1.807) is 4.31 Å². The summed E-state index contributed by atoms with van der Waals surface area (Å²) in [6.45, 7) is 5.43. The minimum atomic E-state index is -3.27. The van der Waals surface area contributed by atoms with E-state index >= 15 is 0 Å². The fraction of sp³-hybridized carbons (Fsp3) is 1.00. The van der Waals surface area contributed by atoms with Crippen molar-refractivity contribution in [3.05, 3.63) is 0 Å². The number of nitrogens with zero attached hydrogens (tertiary/aromatic N) is 1. The Labute approximate surface area is 110 Å². The highest BCUT2D eigenvalue weighted by Gasteiger charge is 2.28. The molecule has 0 aromatic carbocycles. The Bertz CT molecular complexity index is 342. The molecule has 2 N–H and O–H groups in total. The predicted molar refractivity (Wildman–Crippen MR) is 72.5 cm³/mol. The summed E-state index contributed by atoms with van der Waals surface area (Å²) in [6, 6.07) is 0.101. The van der Waals surface area contributed by atoms with Gasteiger partial charge in [-0.2, -0.15) is 17.4 Å². The van der Waals surface area contributed by atoms with Crippen molar-refractivity contribution in [2.75, 3.05) is 26.2 Å². The number of piperidine rings is 1. The lowest BCUT2D eigenvalue weighted by Crippen LogP contribution is -2.48. The van der Waals surface area contributed by atoms with Gasteiger partial charge in [-0.05, 0) is 51.1 Å². The zero-order valence-electron chi connectivity index (χ0n) is 11.2. The van der Waals surface area contributed by atoms with E-state index in [9.17, 15) is 8.42 Å². The Morgan fingerprint density at radius 2 is 1.83 bits per heavy atom. The van der Waals surface area contributed by atoms with E-state index in [2.05, 4.69) is 17.0 Å². The van der Waals surface area contributed by atoms with Gasteiger partial charge in [0, 0.05) is 19.1 Å². The van der Waals surface area contributed by atoms with Crippen molar-refractivity contribution < 1.29 is 8.42 Å². The van der Waals surface area contributed by atoms with Crippen LogP contribution in [-0.2, 0) is 10.2 Å². The summed E-state index contributed by atoms with van der Waals surface area (Å²) in [5, 5.41) is 3.30. The number of rotatable bonds is 3. The quantitative estimate of drug-likeness (QED) is 0.797. The summed E-state index contributed by atoms with van der Waals surface area (Å²) < 4.78 is 29.0. The SMILES string of the molecule is CC1CCN(S(=O)(=O)NC2CCCNCC2)CC1. The summed E-state index contributed by atoms with van der Waals surface area (Å²) >= 11 is 0. The molecule has 6 heteroatoms. The van der Waals surface area contributed by atoms with Crippen molar-refractivity contribution >= 4 is 10.2 Å². The first-order valence-electron chi connectivity index (χ1n) is 7.06. The van der Waals surface area contributed by atoms with E-state index in [4.69, 9.17) is 0 Å². The highest BCUT2D eigenvalue weighted by Crippen LogP contribution is 2.18. The molecular weight excluding hydrogens is 250 g/mol. The molecule has 18 heavy (non-hydrogen) atoms. The van der Waals surface area contributed by atoms with E-state index in [1.165, 1.54) is 0 Å². The lowest BCUT2D eigenvalue weighted by atomic mass is 10.0. The van der Waals surface area contributed by atoms with Gasteiger partial charge < -0.3 is 5.32 Å². The molecule has 2 saturated heterocycles. The maximum absolute atomic E-state index is 12.3. The molecule has 5 nitrogen and oxygen atoms in total. The van der Waals surface area contributed by atoms with Crippen molar-refractivity contribution in [3.63, 3.8) is 0 Å². The normalized spacial score (nSPS) is 29.1. The fourth-order valence-corrected chi connectivity index (χ4v) is 4.14. The Morgan fingerprint density at radius 1 is 1.11 bits per heavy atom. The molecule has 106 valence electrons. The Morgan fingerprint density at radius 3 is 2.56 bits per heavy atom. The molecule has 2 aliphatic heterocycles. The molecule has 1 atom stereocenters. The summed E-state index contributed by atoms with van der Waals surface area (Å²) in [6.07, 6.45) is 4.84. The van der Waals surface area contributed by atoms with Gasteiger partial charge in [0.2, 0.25) is 0 Å². The fourth-order valence-electron chi connectivity index (χ4n) is 2.65. The van der Waals surface area contributed by atoms with Crippen LogP contribution in [-0.4, -0.2) is 44.9 Å². The van der Waals surface area contributed by atoms with Gasteiger partial charge in [0.1, 0.15) is 0 Å². The minimum absolute atomic E-state index is 0.101. The first kappa shape index (κ1) is 14.2. The second kappa shape index (κ2) is 6.32. The lowest BCUT2D eigenvalue weighted by molar-refractivity contribution is 0.282. The molecule has 0 spiro atoms. The number of hydrogen-bond acceptors (Lipinski definition) is 3. The highest BCUT2D eigenvalue weighted by atomic mass is 32.2. The van der Waals surface area contributed by atoms with Crippen molar-refractivity contribution in [2.45, 2.75) is 45.1 Å². The second-order valence-corrected chi connectivity index (χ2v) is 7.28. The van der Waals surface area contributed by atoms with E-state index < -0.39 is 10.2 Å². The van der Waals surface area contributed by atoms with E-state index in [0.717, 1.165) is 45.2 Å². The van der Waals surface area contributed by atoms with Gasteiger partial charge in [-0.25, -0.2) is 0 Å². The minimum Gasteiger partial charge on any atom is -0.317 e. The van der Waals surface area contributed by atoms with Crippen molar-refractivity contribution in [3.8, 4) is 0 Å². The van der Waals surface area contributed by atoms with Gasteiger partial charge in [-0.15, -0.1) is 0 Å². The predicted octanol–water partition coefficient (Wildman–Crippen LogP) is 0.695. The van der Waals surface area contributed by atoms with E-state index in [-0.39, 0.29) is 6.04 Å². The van der Waals surface area contributed by atoms with Crippen LogP contribution in [0.1, 0.15) is 39.0 Å². The van der Waals surface area contributed by atoms with Gasteiger partial charge in [0.05, 0.1) is 0 Å². The summed E-state index contributed by atoms with van der Waals surface area (Å²) in [7, 11) is -3.27. The summed E-state index contributed by atoms with van der Waals surface area (Å²) in [5.41, 5.74) is 0. The zero-order valence-corrected chi connectivity index (χ0v) is 12.0. The average Bonchev–Trinajstić information content (AvgIpc) is 2.57. The van der Waals surface area contributed by atoms with Crippen LogP contribution in [0, 0.1) is 5.92 Å². The van der Waals surface area contributed by atoms with Crippen molar-refractivity contribution in [1.82, 2.24) is 14.3 Å². The zero-order chi connectivity index (χ0) is 13.0.